The van der Waals surface area contributed by atoms with Crippen LogP contribution in [0.25, 0.3) is 0 Å². The van der Waals surface area contributed by atoms with E-state index in [1.54, 1.807) is 11.3 Å². The molecule has 1 aliphatic heterocycles. The van der Waals surface area contributed by atoms with Crippen LogP contribution >= 0.6 is 27.3 Å². The highest BCUT2D eigenvalue weighted by atomic mass is 79.9. The van der Waals surface area contributed by atoms with Crippen LogP contribution in [0.3, 0.4) is 0 Å². The number of halogens is 1. The minimum absolute atomic E-state index is 0.0517. The van der Waals surface area contributed by atoms with Crippen molar-refractivity contribution < 1.29 is 9.84 Å². The van der Waals surface area contributed by atoms with E-state index in [4.69, 9.17) is 4.74 Å². The molecular formula is C16H19BrN2O2S. The van der Waals surface area contributed by atoms with Crippen LogP contribution in [0.4, 0.5) is 5.13 Å². The van der Waals surface area contributed by atoms with Crippen molar-refractivity contribution in [3.05, 3.63) is 45.9 Å². The molecule has 2 aromatic rings. The average molecular weight is 383 g/mol. The molecule has 22 heavy (non-hydrogen) atoms. The Labute approximate surface area is 142 Å². The Morgan fingerprint density at radius 3 is 2.82 bits per heavy atom. The summed E-state index contributed by atoms with van der Waals surface area (Å²) >= 11 is 5.08. The molecule has 2 heterocycles. The molecule has 0 unspecified atom stereocenters. The summed E-state index contributed by atoms with van der Waals surface area (Å²) in [5.41, 5.74) is 1.18. The fourth-order valence-electron chi connectivity index (χ4n) is 2.82. The van der Waals surface area contributed by atoms with Crippen molar-refractivity contribution in [1.82, 2.24) is 4.98 Å². The first-order valence-electron chi connectivity index (χ1n) is 7.42. The van der Waals surface area contributed by atoms with Gasteiger partial charge in [0.2, 0.25) is 0 Å². The van der Waals surface area contributed by atoms with Crippen molar-refractivity contribution in [2.75, 3.05) is 11.9 Å². The molecule has 118 valence electrons. The van der Waals surface area contributed by atoms with Gasteiger partial charge in [-0.05, 0) is 37.0 Å². The average Bonchev–Trinajstić information content (AvgIpc) is 3.01. The molecule has 6 heteroatoms. The zero-order chi connectivity index (χ0) is 15.4. The lowest BCUT2D eigenvalue weighted by atomic mass is 9.93. The van der Waals surface area contributed by atoms with Crippen molar-refractivity contribution in [1.29, 1.82) is 0 Å². The smallest absolute Gasteiger partial charge is 0.182 e. The molecule has 4 nitrogen and oxygen atoms in total. The summed E-state index contributed by atoms with van der Waals surface area (Å²) in [6.07, 6.45) is 4.41. The Kier molecular flexibility index (Phi) is 5.46. The number of thiazole rings is 1. The number of aliphatic hydroxyl groups excluding tert-OH is 1. The molecule has 1 aliphatic rings. The fraction of sp³-hybridized carbons (Fsp3) is 0.438. The first-order valence-corrected chi connectivity index (χ1v) is 9.09. The monoisotopic (exact) mass is 382 g/mol. The topological polar surface area (TPSA) is 54.4 Å². The molecule has 0 saturated carbocycles. The molecule has 0 aliphatic carbocycles. The van der Waals surface area contributed by atoms with Gasteiger partial charge in [-0.2, -0.15) is 0 Å². The largest absolute Gasteiger partial charge is 0.396 e. The SMILES string of the molecule is OCC[C@@H]1C[C@@H](Nc2nccs2)C[C@@H](c2ccc(Br)cc2)O1. The third-order valence-corrected chi connectivity index (χ3v) is 5.09. The van der Waals surface area contributed by atoms with Crippen LogP contribution < -0.4 is 5.32 Å². The van der Waals surface area contributed by atoms with Gasteiger partial charge in [-0.3, -0.25) is 0 Å². The molecule has 2 N–H and O–H groups in total. The van der Waals surface area contributed by atoms with Crippen LogP contribution in [0.5, 0.6) is 0 Å². The van der Waals surface area contributed by atoms with Gasteiger partial charge < -0.3 is 15.2 Å². The molecule has 0 radical (unpaired) electrons. The van der Waals surface area contributed by atoms with E-state index in [2.05, 4.69) is 38.4 Å². The van der Waals surface area contributed by atoms with E-state index in [1.165, 1.54) is 5.56 Å². The van der Waals surface area contributed by atoms with E-state index >= 15 is 0 Å². The van der Waals surface area contributed by atoms with Gasteiger partial charge in [0.05, 0.1) is 12.2 Å². The van der Waals surface area contributed by atoms with E-state index in [1.807, 2.05) is 23.7 Å². The highest BCUT2D eigenvalue weighted by Gasteiger charge is 2.30. The molecule has 1 fully saturated rings. The van der Waals surface area contributed by atoms with Gasteiger partial charge in [-0.1, -0.05) is 28.1 Å². The summed E-state index contributed by atoms with van der Waals surface area (Å²) < 4.78 is 7.24. The number of aliphatic hydroxyl groups is 1. The van der Waals surface area contributed by atoms with Crippen molar-refractivity contribution in [2.45, 2.75) is 37.5 Å². The van der Waals surface area contributed by atoms with Crippen molar-refractivity contribution in [3.63, 3.8) is 0 Å². The summed E-state index contributed by atoms with van der Waals surface area (Å²) in [7, 11) is 0. The van der Waals surface area contributed by atoms with E-state index in [0.717, 1.165) is 22.4 Å². The number of rotatable bonds is 5. The fourth-order valence-corrected chi connectivity index (χ4v) is 3.70. The molecule has 0 bridgehead atoms. The second-order valence-electron chi connectivity index (χ2n) is 5.46. The zero-order valence-electron chi connectivity index (χ0n) is 12.1. The molecule has 3 atom stereocenters. The molecule has 1 aromatic heterocycles. The molecule has 1 saturated heterocycles. The third kappa shape index (κ3) is 4.07. The predicted octanol–water partition coefficient (Wildman–Crippen LogP) is 3.99. The normalized spacial score (nSPS) is 25.1. The molecule has 0 spiro atoms. The van der Waals surface area contributed by atoms with Crippen molar-refractivity contribution in [2.24, 2.45) is 0 Å². The lowest BCUT2D eigenvalue weighted by Gasteiger charge is -2.36. The van der Waals surface area contributed by atoms with E-state index < -0.39 is 0 Å². The number of nitrogens with zero attached hydrogens (tertiary/aromatic N) is 1. The third-order valence-electron chi connectivity index (χ3n) is 3.86. The maximum Gasteiger partial charge on any atom is 0.182 e. The Balaban J connectivity index is 1.73. The van der Waals surface area contributed by atoms with Crippen LogP contribution in [-0.2, 0) is 4.74 Å². The minimum Gasteiger partial charge on any atom is -0.396 e. The second kappa shape index (κ2) is 7.55. The summed E-state index contributed by atoms with van der Waals surface area (Å²) in [5, 5.41) is 15.7. The Hall–Kier alpha value is -0.950. The summed E-state index contributed by atoms with van der Waals surface area (Å²) in [6, 6.07) is 8.58. The number of aromatic nitrogens is 1. The lowest BCUT2D eigenvalue weighted by molar-refractivity contribution is -0.0642. The molecular weight excluding hydrogens is 364 g/mol. The Morgan fingerprint density at radius 1 is 1.32 bits per heavy atom. The van der Waals surface area contributed by atoms with Crippen LogP contribution in [0.15, 0.2) is 40.3 Å². The van der Waals surface area contributed by atoms with Crippen LogP contribution in [0.1, 0.15) is 30.9 Å². The Morgan fingerprint density at radius 2 is 2.14 bits per heavy atom. The van der Waals surface area contributed by atoms with Gasteiger partial charge in [0.25, 0.3) is 0 Å². The van der Waals surface area contributed by atoms with Crippen molar-refractivity contribution in [3.8, 4) is 0 Å². The first kappa shape index (κ1) is 15.9. The van der Waals surface area contributed by atoms with Gasteiger partial charge in [-0.15, -0.1) is 11.3 Å². The van der Waals surface area contributed by atoms with Crippen molar-refractivity contribution >= 4 is 32.4 Å². The lowest BCUT2D eigenvalue weighted by Crippen LogP contribution is -2.36. The zero-order valence-corrected chi connectivity index (χ0v) is 14.5. The summed E-state index contributed by atoms with van der Waals surface area (Å²) in [4.78, 5) is 4.30. The molecule has 1 aromatic carbocycles. The Bertz CT molecular complexity index is 576. The van der Waals surface area contributed by atoms with Crippen LogP contribution in [0, 0.1) is 0 Å². The second-order valence-corrected chi connectivity index (χ2v) is 7.27. The van der Waals surface area contributed by atoms with Gasteiger partial charge in [0.1, 0.15) is 0 Å². The van der Waals surface area contributed by atoms with Gasteiger partial charge >= 0.3 is 0 Å². The van der Waals surface area contributed by atoms with Crippen LogP contribution in [0.2, 0.25) is 0 Å². The maximum atomic E-state index is 9.24. The standard InChI is InChI=1S/C16H19BrN2O2S/c17-12-3-1-11(2-4-12)15-10-13(9-14(21-15)5-7-20)19-16-18-6-8-22-16/h1-4,6,8,13-15,20H,5,7,9-10H2,(H,18,19)/t13-,14-,15+/m1/s1. The molecule has 0 amide bonds. The number of benzene rings is 1. The maximum absolute atomic E-state index is 9.24. The highest BCUT2D eigenvalue weighted by molar-refractivity contribution is 9.10. The number of nitrogens with one attached hydrogen (secondary N) is 1. The quantitative estimate of drug-likeness (QED) is 0.820. The van der Waals surface area contributed by atoms with Crippen LogP contribution in [-0.4, -0.2) is 28.8 Å². The number of ether oxygens (including phenoxy) is 1. The van der Waals surface area contributed by atoms with Gasteiger partial charge in [0.15, 0.2) is 5.13 Å². The number of hydrogen-bond donors (Lipinski definition) is 2. The number of hydrogen-bond acceptors (Lipinski definition) is 5. The number of anilines is 1. The highest BCUT2D eigenvalue weighted by Crippen LogP contribution is 2.34. The first-order chi connectivity index (χ1) is 10.7. The predicted molar refractivity (Wildman–Crippen MR) is 92.2 cm³/mol. The minimum atomic E-state index is 0.0517. The van der Waals surface area contributed by atoms with Gasteiger partial charge in [-0.25, -0.2) is 4.98 Å². The molecule has 3 rings (SSSR count). The summed E-state index contributed by atoms with van der Waals surface area (Å²) in [5.74, 6) is 0. The summed E-state index contributed by atoms with van der Waals surface area (Å²) in [6.45, 7) is 0.154. The van der Waals surface area contributed by atoms with E-state index in [0.29, 0.717) is 12.5 Å². The van der Waals surface area contributed by atoms with Gasteiger partial charge in [0, 0.05) is 28.7 Å². The van der Waals surface area contributed by atoms with E-state index in [9.17, 15) is 5.11 Å². The van der Waals surface area contributed by atoms with E-state index in [-0.39, 0.29) is 18.8 Å².